The van der Waals surface area contributed by atoms with Gasteiger partial charge >= 0.3 is 6.03 Å². The third-order valence-electron chi connectivity index (χ3n) is 6.53. The Balaban J connectivity index is 1.61. The Hall–Kier alpha value is -3.26. The number of benzene rings is 2. The minimum atomic E-state index is -3.98. The largest absolute Gasteiger partial charge is 0.354 e. The van der Waals surface area contributed by atoms with Crippen molar-refractivity contribution in [2.24, 2.45) is 0 Å². The topological polar surface area (TPSA) is 95.8 Å². The van der Waals surface area contributed by atoms with Gasteiger partial charge in [-0.2, -0.15) is 0 Å². The van der Waals surface area contributed by atoms with Crippen LogP contribution in [0.5, 0.6) is 0 Å². The molecule has 0 radical (unpaired) electrons. The van der Waals surface area contributed by atoms with E-state index in [-0.39, 0.29) is 22.4 Å². The summed E-state index contributed by atoms with van der Waals surface area (Å²) >= 11 is 0. The molecule has 0 unspecified atom stereocenters. The minimum absolute atomic E-state index is 0.0196. The van der Waals surface area contributed by atoms with E-state index in [1.54, 1.807) is 0 Å². The summed E-state index contributed by atoms with van der Waals surface area (Å²) in [5.74, 6) is -7.62. The van der Waals surface area contributed by atoms with Gasteiger partial charge in [0.2, 0.25) is 10.0 Å². The van der Waals surface area contributed by atoms with Crippen molar-refractivity contribution in [2.75, 3.05) is 23.7 Å². The number of aromatic nitrogens is 1. The molecule has 2 amide bonds. The molecule has 14 heteroatoms. The third-order valence-corrected chi connectivity index (χ3v) is 7.93. The number of nitrogens with zero attached hydrogens (tertiary/aromatic N) is 3. The molecule has 0 aliphatic carbocycles. The summed E-state index contributed by atoms with van der Waals surface area (Å²) < 4.78 is 106. The molecule has 36 heavy (non-hydrogen) atoms. The Morgan fingerprint density at radius 1 is 1.17 bits per heavy atom. The first-order valence-electron chi connectivity index (χ1n) is 10.9. The number of halogens is 5. The summed E-state index contributed by atoms with van der Waals surface area (Å²) in [6.07, 6.45) is 0. The molecule has 1 N–H and O–H groups in total. The third kappa shape index (κ3) is 3.53. The number of amides is 2. The quantitative estimate of drug-likeness (QED) is 0.507. The van der Waals surface area contributed by atoms with E-state index in [0.717, 1.165) is 28.0 Å². The molecule has 0 bridgehead atoms. The van der Waals surface area contributed by atoms with Crippen molar-refractivity contribution in [2.45, 2.75) is 31.9 Å². The lowest BCUT2D eigenvalue weighted by Gasteiger charge is -2.23. The highest BCUT2D eigenvalue weighted by molar-refractivity contribution is 7.89. The molecule has 2 fully saturated rings. The first-order chi connectivity index (χ1) is 16.9. The lowest BCUT2D eigenvalue weighted by Crippen LogP contribution is -2.51. The van der Waals surface area contributed by atoms with Gasteiger partial charge in [-0.25, -0.2) is 39.9 Å². The fourth-order valence-electron chi connectivity index (χ4n) is 4.67. The Bertz CT molecular complexity index is 1490. The maximum atomic E-state index is 15.3. The van der Waals surface area contributed by atoms with Crippen molar-refractivity contribution in [1.82, 2.24) is 14.8 Å². The van der Waals surface area contributed by atoms with Gasteiger partial charge < -0.3 is 9.42 Å². The summed E-state index contributed by atoms with van der Waals surface area (Å²) in [6.45, 7) is 1.36. The lowest BCUT2D eigenvalue weighted by molar-refractivity contribution is -0.0324. The molecular weight excluding hydrogens is 511 g/mol. The fraction of sp³-hybridized carbons (Fsp3) is 0.364. The number of carbonyl (C=O) groups excluding carboxylic acids is 1. The van der Waals surface area contributed by atoms with Crippen LogP contribution >= 0.6 is 0 Å². The zero-order chi connectivity index (χ0) is 26.2. The van der Waals surface area contributed by atoms with Crippen LogP contribution in [0.1, 0.15) is 12.5 Å². The zero-order valence-corrected chi connectivity index (χ0v) is 19.7. The molecular formula is C22H19F5N4O4S. The van der Waals surface area contributed by atoms with Crippen molar-refractivity contribution >= 4 is 32.8 Å². The fourth-order valence-corrected chi connectivity index (χ4v) is 5.50. The van der Waals surface area contributed by atoms with Gasteiger partial charge in [-0.15, -0.1) is 0 Å². The summed E-state index contributed by atoms with van der Waals surface area (Å²) in [5.41, 5.74) is -1.41. The first-order valence-corrected chi connectivity index (χ1v) is 12.5. The number of rotatable bonds is 5. The average molecular weight is 530 g/mol. The molecule has 5 rings (SSSR count). The lowest BCUT2D eigenvalue weighted by atomic mass is 9.97. The van der Waals surface area contributed by atoms with Crippen molar-refractivity contribution in [3.63, 3.8) is 0 Å². The minimum Gasteiger partial charge on any atom is -0.354 e. The number of hydrogen-bond donors (Lipinski definition) is 1. The highest BCUT2D eigenvalue weighted by Crippen LogP contribution is 2.45. The number of urea groups is 1. The van der Waals surface area contributed by atoms with Crippen molar-refractivity contribution < 1.29 is 39.7 Å². The standard InChI is InChI=1S/C22H19F5N4O4S/c1-3-36(33,34)29-14-8-30-15(22(14,26)27)9-31(21(30)32)20-17-13(35-28-20)7-10(2)19(25)18(17)16-11(23)5-4-6-12(16)24/h4-7,14-15,29H,3,8-9H2,1-2H3/t14-,15-/m1/s1. The van der Waals surface area contributed by atoms with Crippen LogP contribution in [-0.4, -0.2) is 61.4 Å². The number of alkyl halides is 2. The van der Waals surface area contributed by atoms with Crippen molar-refractivity contribution in [1.29, 1.82) is 0 Å². The predicted molar refractivity (Wildman–Crippen MR) is 119 cm³/mol. The van der Waals surface area contributed by atoms with Crippen molar-refractivity contribution in [3.8, 4) is 11.1 Å². The molecule has 0 spiro atoms. The van der Waals surface area contributed by atoms with E-state index in [1.165, 1.54) is 19.9 Å². The van der Waals surface area contributed by atoms with E-state index in [2.05, 4.69) is 5.16 Å². The van der Waals surface area contributed by atoms with E-state index >= 15 is 13.2 Å². The highest BCUT2D eigenvalue weighted by Gasteiger charge is 2.63. The summed E-state index contributed by atoms with van der Waals surface area (Å²) in [7, 11) is -3.98. The summed E-state index contributed by atoms with van der Waals surface area (Å²) in [4.78, 5) is 14.7. The molecule has 2 atom stereocenters. The Morgan fingerprint density at radius 2 is 1.83 bits per heavy atom. The van der Waals surface area contributed by atoms with Gasteiger partial charge in [-0.3, -0.25) is 4.90 Å². The van der Waals surface area contributed by atoms with E-state index in [9.17, 15) is 22.0 Å². The first kappa shape index (κ1) is 24.4. The second kappa shape index (κ2) is 8.13. The summed E-state index contributed by atoms with van der Waals surface area (Å²) in [6, 6.07) is -0.370. The molecule has 2 saturated heterocycles. The molecule has 192 valence electrons. The Morgan fingerprint density at radius 3 is 2.44 bits per heavy atom. The number of hydrogen-bond acceptors (Lipinski definition) is 5. The normalized spacial score (nSPS) is 21.6. The van der Waals surface area contributed by atoms with Crippen LogP contribution in [0.2, 0.25) is 0 Å². The van der Waals surface area contributed by atoms with E-state index < -0.39 is 81.5 Å². The highest BCUT2D eigenvalue weighted by atomic mass is 32.2. The maximum absolute atomic E-state index is 15.3. The zero-order valence-electron chi connectivity index (χ0n) is 18.9. The number of carbonyl (C=O) groups is 1. The van der Waals surface area contributed by atoms with Gasteiger partial charge in [0.05, 0.1) is 23.2 Å². The van der Waals surface area contributed by atoms with Gasteiger partial charge in [-0.05, 0) is 37.6 Å². The van der Waals surface area contributed by atoms with Gasteiger partial charge in [0.25, 0.3) is 5.92 Å². The molecule has 3 heterocycles. The Labute approximate surface area is 201 Å². The SMILES string of the molecule is CCS(=O)(=O)N[C@@H]1CN2C(=O)N(c3noc4cc(C)c(F)c(-c5c(F)cccc5F)c34)C[C@@H]2C1(F)F. The van der Waals surface area contributed by atoms with E-state index in [0.29, 0.717) is 0 Å². The molecule has 2 aliphatic heterocycles. The Kier molecular flexibility index (Phi) is 5.52. The molecule has 0 saturated carbocycles. The van der Waals surface area contributed by atoms with Crippen LogP contribution in [-0.2, 0) is 10.0 Å². The van der Waals surface area contributed by atoms with E-state index in [1.807, 2.05) is 4.72 Å². The smallest absolute Gasteiger partial charge is 0.326 e. The number of anilines is 1. The second-order valence-corrected chi connectivity index (χ2v) is 10.7. The van der Waals surface area contributed by atoms with Crippen LogP contribution in [0.25, 0.3) is 22.1 Å². The molecule has 2 aliphatic rings. The van der Waals surface area contributed by atoms with Crippen LogP contribution in [0.4, 0.5) is 32.6 Å². The van der Waals surface area contributed by atoms with Gasteiger partial charge in [-0.1, -0.05) is 11.2 Å². The van der Waals surface area contributed by atoms with Crippen LogP contribution in [0.15, 0.2) is 28.8 Å². The van der Waals surface area contributed by atoms with Gasteiger partial charge in [0, 0.05) is 12.1 Å². The van der Waals surface area contributed by atoms with Crippen LogP contribution in [0, 0.1) is 24.4 Å². The second-order valence-electron chi connectivity index (χ2n) is 8.67. The van der Waals surface area contributed by atoms with Gasteiger partial charge in [0.1, 0.15) is 29.5 Å². The molecule has 3 aromatic rings. The number of fused-ring (bicyclic) bond motifs is 2. The molecule has 2 aromatic carbocycles. The van der Waals surface area contributed by atoms with Crippen LogP contribution < -0.4 is 9.62 Å². The summed E-state index contributed by atoms with van der Waals surface area (Å²) in [5, 5.41) is 3.50. The molecule has 8 nitrogen and oxygen atoms in total. The van der Waals surface area contributed by atoms with E-state index in [4.69, 9.17) is 4.52 Å². The van der Waals surface area contributed by atoms with Crippen LogP contribution in [0.3, 0.4) is 0 Å². The monoisotopic (exact) mass is 530 g/mol. The molecule has 1 aromatic heterocycles. The number of sulfonamides is 1. The van der Waals surface area contributed by atoms with Crippen molar-refractivity contribution in [3.05, 3.63) is 47.3 Å². The number of aryl methyl sites for hydroxylation is 1. The number of nitrogens with one attached hydrogen (secondary N) is 1. The average Bonchev–Trinajstić information content (AvgIpc) is 3.43. The maximum Gasteiger partial charge on any atom is 0.326 e. The van der Waals surface area contributed by atoms with Gasteiger partial charge in [0.15, 0.2) is 11.4 Å². The predicted octanol–water partition coefficient (Wildman–Crippen LogP) is 3.79.